The fraction of sp³-hybridized carbons (Fsp3) is 0.448. The maximum absolute atomic E-state index is 14.0. The monoisotopic (exact) mass is 496 g/mol. The number of rotatable bonds is 13. The maximum atomic E-state index is 14.0. The van der Waals surface area contributed by atoms with Crippen LogP contribution in [0.4, 0.5) is 0 Å². The lowest BCUT2D eigenvalue weighted by atomic mass is 10.0. The highest BCUT2D eigenvalue weighted by Crippen LogP contribution is 2.36. The van der Waals surface area contributed by atoms with E-state index in [0.717, 1.165) is 71.3 Å². The first-order valence-electron chi connectivity index (χ1n) is 12.8. The Hall–Kier alpha value is -2.73. The van der Waals surface area contributed by atoms with E-state index < -0.39 is 10.0 Å². The van der Waals surface area contributed by atoms with Gasteiger partial charge in [0.1, 0.15) is 5.75 Å². The fourth-order valence-electron chi connectivity index (χ4n) is 4.41. The van der Waals surface area contributed by atoms with Gasteiger partial charge in [0.2, 0.25) is 0 Å². The van der Waals surface area contributed by atoms with Crippen LogP contribution in [0.5, 0.6) is 5.75 Å². The SMILES string of the molecule is CCCCCC/C=C(/c1c(C)[nH]c2ccc(OC)cc12)N(CCCC)S(=O)(=O)c1ccc(C)cc1. The van der Waals surface area contributed by atoms with Gasteiger partial charge in [-0.2, -0.15) is 0 Å². The van der Waals surface area contributed by atoms with Crippen molar-refractivity contribution in [3.8, 4) is 5.75 Å². The fourth-order valence-corrected chi connectivity index (χ4v) is 5.94. The Balaban J connectivity index is 2.19. The third kappa shape index (κ3) is 6.29. The van der Waals surface area contributed by atoms with Crippen LogP contribution < -0.4 is 4.74 Å². The summed E-state index contributed by atoms with van der Waals surface area (Å²) < 4.78 is 35.2. The van der Waals surface area contributed by atoms with Gasteiger partial charge >= 0.3 is 0 Å². The Labute approximate surface area is 211 Å². The van der Waals surface area contributed by atoms with E-state index in [1.165, 1.54) is 12.8 Å². The predicted octanol–water partition coefficient (Wildman–Crippen LogP) is 7.60. The van der Waals surface area contributed by atoms with Crippen molar-refractivity contribution in [1.82, 2.24) is 9.29 Å². The molecule has 190 valence electrons. The third-order valence-electron chi connectivity index (χ3n) is 6.44. The highest BCUT2D eigenvalue weighted by Gasteiger charge is 2.29. The van der Waals surface area contributed by atoms with E-state index in [4.69, 9.17) is 4.74 Å². The van der Waals surface area contributed by atoms with Gasteiger partial charge in [0.15, 0.2) is 0 Å². The number of sulfonamides is 1. The van der Waals surface area contributed by atoms with E-state index in [-0.39, 0.29) is 0 Å². The van der Waals surface area contributed by atoms with Crippen LogP contribution >= 0.6 is 0 Å². The van der Waals surface area contributed by atoms with E-state index in [0.29, 0.717) is 11.4 Å². The van der Waals surface area contributed by atoms with Crippen molar-refractivity contribution in [2.75, 3.05) is 13.7 Å². The lowest BCUT2D eigenvalue weighted by Crippen LogP contribution is -2.31. The molecule has 0 saturated heterocycles. The minimum absolute atomic E-state index is 0.325. The summed E-state index contributed by atoms with van der Waals surface area (Å²) >= 11 is 0. The van der Waals surface area contributed by atoms with Crippen molar-refractivity contribution in [2.45, 2.75) is 77.5 Å². The summed E-state index contributed by atoms with van der Waals surface area (Å²) in [5.41, 5.74) is 4.65. The first-order valence-corrected chi connectivity index (χ1v) is 14.2. The van der Waals surface area contributed by atoms with Crippen molar-refractivity contribution in [1.29, 1.82) is 0 Å². The maximum Gasteiger partial charge on any atom is 0.264 e. The summed E-state index contributed by atoms with van der Waals surface area (Å²) in [7, 11) is -2.09. The Kier molecular flexibility index (Phi) is 9.44. The van der Waals surface area contributed by atoms with Crippen molar-refractivity contribution in [3.63, 3.8) is 0 Å². The molecule has 0 aliphatic heterocycles. The number of aryl methyl sites for hydroxylation is 2. The zero-order valence-corrected chi connectivity index (χ0v) is 22.7. The summed E-state index contributed by atoms with van der Waals surface area (Å²) in [5.74, 6) is 0.751. The van der Waals surface area contributed by atoms with E-state index in [2.05, 4.69) is 24.9 Å². The van der Waals surface area contributed by atoms with Crippen LogP contribution in [0.25, 0.3) is 16.6 Å². The Morgan fingerprint density at radius 2 is 1.69 bits per heavy atom. The average molecular weight is 497 g/mol. The molecule has 1 N–H and O–H groups in total. The number of fused-ring (bicyclic) bond motifs is 1. The molecule has 0 spiro atoms. The van der Waals surface area contributed by atoms with Crippen molar-refractivity contribution >= 4 is 26.6 Å². The van der Waals surface area contributed by atoms with Crippen LogP contribution in [-0.4, -0.2) is 31.4 Å². The van der Waals surface area contributed by atoms with Gasteiger partial charge < -0.3 is 9.72 Å². The molecule has 3 rings (SSSR count). The third-order valence-corrected chi connectivity index (χ3v) is 8.26. The largest absolute Gasteiger partial charge is 0.497 e. The quantitative estimate of drug-likeness (QED) is 0.248. The first-order chi connectivity index (χ1) is 16.8. The molecule has 0 unspecified atom stereocenters. The number of hydrogen-bond acceptors (Lipinski definition) is 3. The molecule has 6 heteroatoms. The molecule has 0 atom stereocenters. The molecule has 0 saturated carbocycles. The van der Waals surface area contributed by atoms with E-state index in [9.17, 15) is 8.42 Å². The van der Waals surface area contributed by atoms with Gasteiger partial charge in [-0.15, -0.1) is 0 Å². The van der Waals surface area contributed by atoms with Gasteiger partial charge in [-0.05, 0) is 63.4 Å². The molecule has 0 fully saturated rings. The van der Waals surface area contributed by atoms with Gasteiger partial charge in [-0.25, -0.2) is 8.42 Å². The predicted molar refractivity (Wildman–Crippen MR) is 146 cm³/mol. The Morgan fingerprint density at radius 1 is 0.971 bits per heavy atom. The topological polar surface area (TPSA) is 62.4 Å². The van der Waals surface area contributed by atoms with Crippen LogP contribution in [0, 0.1) is 13.8 Å². The second kappa shape index (κ2) is 12.3. The smallest absolute Gasteiger partial charge is 0.264 e. The zero-order valence-electron chi connectivity index (χ0n) is 21.9. The molecule has 1 heterocycles. The van der Waals surface area contributed by atoms with Crippen molar-refractivity contribution in [2.24, 2.45) is 0 Å². The van der Waals surface area contributed by atoms with E-state index >= 15 is 0 Å². The highest BCUT2D eigenvalue weighted by atomic mass is 32.2. The van der Waals surface area contributed by atoms with Crippen LogP contribution in [0.2, 0.25) is 0 Å². The molecule has 1 aromatic heterocycles. The highest BCUT2D eigenvalue weighted by molar-refractivity contribution is 7.89. The van der Waals surface area contributed by atoms with E-state index in [1.54, 1.807) is 23.5 Å². The Bertz CT molecular complexity index is 1240. The second-order valence-corrected chi connectivity index (χ2v) is 11.1. The average Bonchev–Trinajstić information content (AvgIpc) is 3.17. The molecule has 0 radical (unpaired) electrons. The minimum atomic E-state index is -3.74. The molecule has 35 heavy (non-hydrogen) atoms. The number of allylic oxidation sites excluding steroid dienone is 1. The number of ether oxygens (including phenoxy) is 1. The van der Waals surface area contributed by atoms with Crippen molar-refractivity contribution in [3.05, 3.63) is 65.4 Å². The van der Waals surface area contributed by atoms with Gasteiger partial charge in [0.05, 0.1) is 17.7 Å². The summed E-state index contributed by atoms with van der Waals surface area (Å²) in [6.45, 7) is 8.71. The Morgan fingerprint density at radius 3 is 2.34 bits per heavy atom. The van der Waals surface area contributed by atoms with Gasteiger partial charge in [-0.3, -0.25) is 4.31 Å². The van der Waals surface area contributed by atoms with Gasteiger partial charge in [0, 0.05) is 28.7 Å². The van der Waals surface area contributed by atoms with Crippen molar-refractivity contribution < 1.29 is 13.2 Å². The number of nitrogens with one attached hydrogen (secondary N) is 1. The number of aromatic nitrogens is 1. The minimum Gasteiger partial charge on any atom is -0.497 e. The molecule has 0 amide bonds. The molecule has 0 aliphatic carbocycles. The first kappa shape index (κ1) is 26.9. The summed E-state index contributed by atoms with van der Waals surface area (Å²) in [4.78, 5) is 3.79. The number of hydrogen-bond donors (Lipinski definition) is 1. The molecule has 5 nitrogen and oxygen atoms in total. The van der Waals surface area contributed by atoms with E-state index in [1.807, 2.05) is 44.2 Å². The normalized spacial score (nSPS) is 12.3. The number of H-pyrrole nitrogens is 1. The summed E-state index contributed by atoms with van der Waals surface area (Å²) in [5, 5.41) is 0.974. The molecule has 3 aromatic rings. The standard InChI is InChI=1S/C29H40N2O3S/c1-6-8-10-11-12-13-28(29-23(4)30-27-19-16-24(34-5)21-26(27)29)31(20-9-7-2)35(32,33)25-17-14-22(3)15-18-25/h13-19,21,30H,6-12,20H2,1-5H3/b28-13-. The zero-order chi connectivity index (χ0) is 25.4. The molecule has 0 bridgehead atoms. The van der Waals surface area contributed by atoms with Crippen LogP contribution in [0.3, 0.4) is 0 Å². The number of methoxy groups -OCH3 is 1. The number of benzene rings is 2. The van der Waals surface area contributed by atoms with Gasteiger partial charge in [-0.1, -0.05) is 63.3 Å². The molecule has 2 aromatic carbocycles. The van der Waals surface area contributed by atoms with Crippen LogP contribution in [-0.2, 0) is 10.0 Å². The number of nitrogens with zero attached hydrogens (tertiary/aromatic N) is 1. The number of aromatic amines is 1. The lowest BCUT2D eigenvalue weighted by molar-refractivity contribution is 0.415. The number of unbranched alkanes of at least 4 members (excludes halogenated alkanes) is 5. The second-order valence-electron chi connectivity index (χ2n) is 9.22. The van der Waals surface area contributed by atoms with Gasteiger partial charge in [0.25, 0.3) is 10.0 Å². The summed E-state index contributed by atoms with van der Waals surface area (Å²) in [6, 6.07) is 13.1. The summed E-state index contributed by atoms with van der Waals surface area (Å²) in [6.07, 6.45) is 9.18. The van der Waals surface area contributed by atoms with Crippen LogP contribution in [0.1, 0.15) is 75.6 Å². The molecule has 0 aliphatic rings. The lowest BCUT2D eigenvalue weighted by Gasteiger charge is -2.28. The van der Waals surface area contributed by atoms with Crippen LogP contribution in [0.15, 0.2) is 53.4 Å². The molecular formula is C29H40N2O3S. The molecular weight excluding hydrogens is 456 g/mol.